The SMILES string of the molecule is Cc1cccc(CS(=O)Cc2cc(Cl)ccc2N)c1. The second-order valence-electron chi connectivity index (χ2n) is 4.56. The minimum atomic E-state index is -0.987. The Kier molecular flexibility index (Phi) is 4.61. The van der Waals surface area contributed by atoms with Gasteiger partial charge in [0.05, 0.1) is 5.75 Å². The lowest BCUT2D eigenvalue weighted by Gasteiger charge is -2.07. The monoisotopic (exact) mass is 293 g/mol. The van der Waals surface area contributed by atoms with Crippen molar-refractivity contribution in [2.24, 2.45) is 0 Å². The van der Waals surface area contributed by atoms with Crippen LogP contribution in [0.4, 0.5) is 5.69 Å². The van der Waals surface area contributed by atoms with Crippen LogP contribution in [0.5, 0.6) is 0 Å². The highest BCUT2D eigenvalue weighted by molar-refractivity contribution is 7.83. The van der Waals surface area contributed by atoms with Crippen molar-refractivity contribution in [3.8, 4) is 0 Å². The fourth-order valence-corrected chi connectivity index (χ4v) is 3.36. The topological polar surface area (TPSA) is 43.1 Å². The molecule has 19 heavy (non-hydrogen) atoms. The maximum absolute atomic E-state index is 12.2. The van der Waals surface area contributed by atoms with Gasteiger partial charge in [-0.2, -0.15) is 0 Å². The van der Waals surface area contributed by atoms with E-state index in [0.29, 0.717) is 22.2 Å². The standard InChI is InChI=1S/C15H16ClNOS/c1-11-3-2-4-12(7-11)9-19(18)10-13-8-14(16)5-6-15(13)17/h2-8H,9-10,17H2,1H3. The summed E-state index contributed by atoms with van der Waals surface area (Å²) in [4.78, 5) is 0. The fourth-order valence-electron chi connectivity index (χ4n) is 1.91. The Labute approximate surface area is 121 Å². The third-order valence-electron chi connectivity index (χ3n) is 2.83. The van der Waals surface area contributed by atoms with Gasteiger partial charge in [0.25, 0.3) is 0 Å². The molecule has 0 saturated carbocycles. The first-order valence-electron chi connectivity index (χ1n) is 5.99. The second kappa shape index (κ2) is 6.22. The minimum absolute atomic E-state index is 0.431. The maximum Gasteiger partial charge on any atom is 0.0509 e. The van der Waals surface area contributed by atoms with E-state index >= 15 is 0 Å². The molecule has 1 unspecified atom stereocenters. The van der Waals surface area contributed by atoms with E-state index in [1.165, 1.54) is 5.56 Å². The van der Waals surface area contributed by atoms with E-state index in [4.69, 9.17) is 17.3 Å². The second-order valence-corrected chi connectivity index (χ2v) is 6.45. The van der Waals surface area contributed by atoms with Gasteiger partial charge < -0.3 is 5.73 Å². The number of rotatable bonds is 4. The molecule has 0 aliphatic rings. The molecule has 0 heterocycles. The predicted octanol–water partition coefficient (Wildman–Crippen LogP) is 3.68. The number of nitrogen functional groups attached to an aromatic ring is 1. The highest BCUT2D eigenvalue weighted by atomic mass is 35.5. The molecule has 4 heteroatoms. The number of hydrogen-bond acceptors (Lipinski definition) is 2. The largest absolute Gasteiger partial charge is 0.398 e. The summed E-state index contributed by atoms with van der Waals surface area (Å²) in [6.07, 6.45) is 0. The third-order valence-corrected chi connectivity index (χ3v) is 4.36. The Morgan fingerprint density at radius 3 is 2.68 bits per heavy atom. The summed E-state index contributed by atoms with van der Waals surface area (Å²) in [6, 6.07) is 13.3. The molecular weight excluding hydrogens is 278 g/mol. The third kappa shape index (κ3) is 4.08. The van der Waals surface area contributed by atoms with Crippen molar-refractivity contribution >= 4 is 28.1 Å². The fraction of sp³-hybridized carbons (Fsp3) is 0.200. The molecule has 100 valence electrons. The molecule has 0 bridgehead atoms. The van der Waals surface area contributed by atoms with Gasteiger partial charge >= 0.3 is 0 Å². The molecule has 0 spiro atoms. The van der Waals surface area contributed by atoms with Crippen LogP contribution in [0.1, 0.15) is 16.7 Å². The van der Waals surface area contributed by atoms with E-state index in [9.17, 15) is 4.21 Å². The zero-order valence-electron chi connectivity index (χ0n) is 10.7. The number of hydrogen-bond donors (Lipinski definition) is 1. The minimum Gasteiger partial charge on any atom is -0.398 e. The van der Waals surface area contributed by atoms with Gasteiger partial charge in [0.2, 0.25) is 0 Å². The van der Waals surface area contributed by atoms with Gasteiger partial charge in [0.1, 0.15) is 0 Å². The van der Waals surface area contributed by atoms with E-state index in [2.05, 4.69) is 6.07 Å². The molecule has 2 N–H and O–H groups in total. The quantitative estimate of drug-likeness (QED) is 0.874. The van der Waals surface area contributed by atoms with Gasteiger partial charge in [0, 0.05) is 27.3 Å². The summed E-state index contributed by atoms with van der Waals surface area (Å²) >= 11 is 5.93. The molecule has 0 fully saturated rings. The lowest BCUT2D eigenvalue weighted by atomic mass is 10.2. The van der Waals surface area contributed by atoms with E-state index in [0.717, 1.165) is 11.1 Å². The van der Waals surface area contributed by atoms with Gasteiger partial charge in [-0.25, -0.2) is 0 Å². The molecule has 0 aliphatic heterocycles. The predicted molar refractivity (Wildman–Crippen MR) is 82.6 cm³/mol. The molecule has 1 atom stereocenters. The summed E-state index contributed by atoms with van der Waals surface area (Å²) in [5.41, 5.74) is 9.61. The average Bonchev–Trinajstić information content (AvgIpc) is 2.34. The Bertz CT molecular complexity index is 613. The molecule has 0 aromatic heterocycles. The van der Waals surface area contributed by atoms with Gasteiger partial charge in [-0.05, 0) is 36.2 Å². The zero-order chi connectivity index (χ0) is 13.8. The molecular formula is C15H16ClNOS. The summed E-state index contributed by atoms with van der Waals surface area (Å²) in [6.45, 7) is 2.03. The van der Waals surface area contributed by atoms with Crippen LogP contribution in [0.3, 0.4) is 0 Å². The van der Waals surface area contributed by atoms with E-state index < -0.39 is 10.8 Å². The van der Waals surface area contributed by atoms with Crippen molar-refractivity contribution in [1.29, 1.82) is 0 Å². The van der Waals surface area contributed by atoms with Gasteiger partial charge in [-0.15, -0.1) is 0 Å². The van der Waals surface area contributed by atoms with Gasteiger partial charge in [-0.1, -0.05) is 41.4 Å². The van der Waals surface area contributed by atoms with Crippen LogP contribution in [-0.2, 0) is 22.3 Å². The van der Waals surface area contributed by atoms with Crippen LogP contribution in [-0.4, -0.2) is 4.21 Å². The zero-order valence-corrected chi connectivity index (χ0v) is 12.3. The average molecular weight is 294 g/mol. The lowest BCUT2D eigenvalue weighted by molar-refractivity contribution is 0.682. The summed E-state index contributed by atoms with van der Waals surface area (Å²) < 4.78 is 12.2. The molecule has 0 aliphatic carbocycles. The van der Waals surface area contributed by atoms with E-state index in [-0.39, 0.29) is 0 Å². The Balaban J connectivity index is 2.07. The van der Waals surface area contributed by atoms with Crippen LogP contribution < -0.4 is 5.73 Å². The molecule has 2 rings (SSSR count). The molecule has 2 aromatic rings. The number of benzene rings is 2. The molecule has 0 saturated heterocycles. The summed E-state index contributed by atoms with van der Waals surface area (Å²) in [7, 11) is -0.987. The van der Waals surface area contributed by atoms with Crippen molar-refractivity contribution in [2.45, 2.75) is 18.4 Å². The highest BCUT2D eigenvalue weighted by Crippen LogP contribution is 2.20. The smallest absolute Gasteiger partial charge is 0.0509 e. The van der Waals surface area contributed by atoms with Crippen molar-refractivity contribution in [3.63, 3.8) is 0 Å². The van der Waals surface area contributed by atoms with Crippen LogP contribution in [0.25, 0.3) is 0 Å². The van der Waals surface area contributed by atoms with E-state index in [1.54, 1.807) is 18.2 Å². The number of halogens is 1. The first-order valence-corrected chi connectivity index (χ1v) is 7.85. The van der Waals surface area contributed by atoms with Crippen LogP contribution in [0, 0.1) is 6.92 Å². The normalized spacial score (nSPS) is 12.3. The molecule has 2 aromatic carbocycles. The van der Waals surface area contributed by atoms with Crippen molar-refractivity contribution in [3.05, 3.63) is 64.2 Å². The molecule has 2 nitrogen and oxygen atoms in total. The summed E-state index contributed by atoms with van der Waals surface area (Å²) in [5.74, 6) is 0.966. The van der Waals surface area contributed by atoms with Crippen molar-refractivity contribution < 1.29 is 4.21 Å². The Hall–Kier alpha value is -1.32. The van der Waals surface area contributed by atoms with Gasteiger partial charge in [0.15, 0.2) is 0 Å². The van der Waals surface area contributed by atoms with E-state index in [1.807, 2.05) is 25.1 Å². The van der Waals surface area contributed by atoms with Gasteiger partial charge in [-0.3, -0.25) is 4.21 Å². The first-order chi connectivity index (χ1) is 9.04. The number of aryl methyl sites for hydroxylation is 1. The summed E-state index contributed by atoms with van der Waals surface area (Å²) in [5, 5.41) is 0.622. The Morgan fingerprint density at radius 2 is 1.95 bits per heavy atom. The molecule has 0 amide bonds. The molecule has 0 radical (unpaired) electrons. The van der Waals surface area contributed by atoms with Crippen molar-refractivity contribution in [2.75, 3.05) is 5.73 Å². The Morgan fingerprint density at radius 1 is 1.16 bits per heavy atom. The lowest BCUT2D eigenvalue weighted by Crippen LogP contribution is -2.02. The van der Waals surface area contributed by atoms with Crippen LogP contribution in [0.15, 0.2) is 42.5 Å². The van der Waals surface area contributed by atoms with Crippen molar-refractivity contribution in [1.82, 2.24) is 0 Å². The highest BCUT2D eigenvalue weighted by Gasteiger charge is 2.07. The van der Waals surface area contributed by atoms with Crippen LogP contribution in [0.2, 0.25) is 5.02 Å². The number of anilines is 1. The first kappa shape index (κ1) is 14.1. The maximum atomic E-state index is 12.2. The number of nitrogens with two attached hydrogens (primary N) is 1. The van der Waals surface area contributed by atoms with Crippen LogP contribution >= 0.6 is 11.6 Å².